The zero-order chi connectivity index (χ0) is 14.7. The van der Waals surface area contributed by atoms with Crippen molar-refractivity contribution in [3.8, 4) is 0 Å². The van der Waals surface area contributed by atoms with Crippen LogP contribution in [0.15, 0.2) is 24.3 Å². The van der Waals surface area contributed by atoms with Crippen LogP contribution in [0.2, 0.25) is 0 Å². The molecule has 0 radical (unpaired) electrons. The van der Waals surface area contributed by atoms with E-state index in [1.807, 2.05) is 19.1 Å². The normalized spacial score (nSPS) is 20.5. The summed E-state index contributed by atoms with van der Waals surface area (Å²) in [6.45, 7) is 4.33. The molecule has 1 aromatic rings. The molecule has 2 atom stereocenters. The number of benzene rings is 1. The molecular weight excluding hydrogens is 254 g/mol. The van der Waals surface area contributed by atoms with E-state index in [1.165, 1.54) is 16.0 Å². The Morgan fingerprint density at radius 1 is 1.35 bits per heavy atom. The van der Waals surface area contributed by atoms with E-state index in [9.17, 15) is 9.59 Å². The molecule has 1 N–H and O–H groups in total. The first-order valence-electron chi connectivity index (χ1n) is 7.10. The highest BCUT2D eigenvalue weighted by molar-refractivity contribution is 5.86. The predicted octanol–water partition coefficient (Wildman–Crippen LogP) is 2.42. The van der Waals surface area contributed by atoms with Crippen molar-refractivity contribution in [3.63, 3.8) is 0 Å². The molecule has 0 heterocycles. The molecule has 0 aliphatic heterocycles. The molecule has 1 amide bonds. The van der Waals surface area contributed by atoms with Crippen molar-refractivity contribution < 1.29 is 14.7 Å². The summed E-state index contributed by atoms with van der Waals surface area (Å²) < 4.78 is 0. The zero-order valence-electron chi connectivity index (χ0n) is 12.0. The molecule has 1 aliphatic rings. The zero-order valence-corrected chi connectivity index (χ0v) is 12.0. The van der Waals surface area contributed by atoms with Crippen molar-refractivity contribution in [1.82, 2.24) is 4.90 Å². The summed E-state index contributed by atoms with van der Waals surface area (Å²) in [4.78, 5) is 24.7. The maximum atomic E-state index is 12.4. The van der Waals surface area contributed by atoms with Crippen LogP contribution in [0.5, 0.6) is 0 Å². The van der Waals surface area contributed by atoms with Crippen LogP contribution < -0.4 is 0 Å². The fraction of sp³-hybridized carbons (Fsp3) is 0.500. The van der Waals surface area contributed by atoms with Crippen molar-refractivity contribution in [1.29, 1.82) is 0 Å². The highest BCUT2D eigenvalue weighted by atomic mass is 16.4. The van der Waals surface area contributed by atoms with Crippen LogP contribution in [0.4, 0.5) is 0 Å². The van der Waals surface area contributed by atoms with E-state index >= 15 is 0 Å². The van der Waals surface area contributed by atoms with Gasteiger partial charge in [0.05, 0.1) is 0 Å². The Kier molecular flexibility index (Phi) is 4.42. The van der Waals surface area contributed by atoms with Crippen LogP contribution in [0.25, 0.3) is 0 Å². The fourth-order valence-electron chi connectivity index (χ4n) is 2.75. The molecule has 2 rings (SSSR count). The molecule has 1 fully saturated rings. The Labute approximate surface area is 119 Å². The van der Waals surface area contributed by atoms with Crippen LogP contribution in [-0.2, 0) is 9.59 Å². The third kappa shape index (κ3) is 3.18. The van der Waals surface area contributed by atoms with Crippen molar-refractivity contribution in [2.24, 2.45) is 5.92 Å². The van der Waals surface area contributed by atoms with Gasteiger partial charge < -0.3 is 10.0 Å². The van der Waals surface area contributed by atoms with Gasteiger partial charge in [-0.25, -0.2) is 0 Å². The molecule has 4 heteroatoms. The largest absolute Gasteiger partial charge is 0.480 e. The Morgan fingerprint density at radius 2 is 2.05 bits per heavy atom. The summed E-state index contributed by atoms with van der Waals surface area (Å²) in [6, 6.07) is 8.10. The van der Waals surface area contributed by atoms with E-state index in [2.05, 4.69) is 19.1 Å². The maximum absolute atomic E-state index is 12.4. The van der Waals surface area contributed by atoms with Gasteiger partial charge in [0.25, 0.3) is 0 Å². The van der Waals surface area contributed by atoms with Crippen molar-refractivity contribution in [2.75, 3.05) is 13.1 Å². The number of amides is 1. The van der Waals surface area contributed by atoms with E-state index in [0.29, 0.717) is 6.54 Å². The molecule has 0 bridgehead atoms. The molecule has 0 saturated heterocycles. The number of aryl methyl sites for hydroxylation is 1. The number of hydrogen-bond donors (Lipinski definition) is 1. The predicted molar refractivity (Wildman–Crippen MR) is 76.5 cm³/mol. The lowest BCUT2D eigenvalue weighted by Crippen LogP contribution is -2.37. The minimum absolute atomic E-state index is 0.0116. The van der Waals surface area contributed by atoms with Crippen LogP contribution >= 0.6 is 0 Å². The minimum atomic E-state index is -0.945. The Hall–Kier alpha value is -1.84. The first kappa shape index (κ1) is 14.6. The number of carbonyl (C=O) groups excluding carboxylic acids is 1. The van der Waals surface area contributed by atoms with Crippen molar-refractivity contribution >= 4 is 11.9 Å². The second-order valence-corrected chi connectivity index (χ2v) is 5.46. The van der Waals surface area contributed by atoms with Gasteiger partial charge in [-0.05, 0) is 36.8 Å². The number of carboxylic acid groups (broad SMARTS) is 1. The number of carbonyl (C=O) groups is 2. The summed E-state index contributed by atoms with van der Waals surface area (Å²) in [5.74, 6) is -0.735. The highest BCUT2D eigenvalue weighted by Gasteiger charge is 2.46. The quantitative estimate of drug-likeness (QED) is 0.867. The lowest BCUT2D eigenvalue weighted by molar-refractivity contribution is -0.145. The van der Waals surface area contributed by atoms with E-state index in [1.54, 1.807) is 0 Å². The van der Waals surface area contributed by atoms with E-state index in [0.717, 1.165) is 12.8 Å². The number of hydrogen-bond acceptors (Lipinski definition) is 2. The van der Waals surface area contributed by atoms with Gasteiger partial charge in [-0.2, -0.15) is 0 Å². The standard InChI is InChI=1S/C16H21NO3/c1-3-8-17(10-15(18)19)16(20)14-9-13(14)12-7-5-4-6-11(12)2/h4-7,13-14H,3,8-10H2,1-2H3,(H,18,19). The second kappa shape index (κ2) is 6.07. The van der Waals surface area contributed by atoms with E-state index in [4.69, 9.17) is 5.11 Å². The monoisotopic (exact) mass is 275 g/mol. The molecule has 1 saturated carbocycles. The number of rotatable bonds is 6. The van der Waals surface area contributed by atoms with Crippen LogP contribution in [-0.4, -0.2) is 35.0 Å². The van der Waals surface area contributed by atoms with Gasteiger partial charge in [0.1, 0.15) is 6.54 Å². The molecule has 108 valence electrons. The lowest BCUT2D eigenvalue weighted by atomic mass is 10.0. The first-order valence-corrected chi connectivity index (χ1v) is 7.10. The van der Waals surface area contributed by atoms with Crippen molar-refractivity contribution in [3.05, 3.63) is 35.4 Å². The summed E-state index contributed by atoms with van der Waals surface area (Å²) in [5, 5.41) is 8.89. The number of carboxylic acids is 1. The average Bonchev–Trinajstić information content (AvgIpc) is 3.17. The SMILES string of the molecule is CCCN(CC(=O)O)C(=O)C1CC1c1ccccc1C. The smallest absolute Gasteiger partial charge is 0.323 e. The topological polar surface area (TPSA) is 57.6 Å². The van der Waals surface area contributed by atoms with Crippen LogP contribution in [0, 0.1) is 12.8 Å². The molecule has 20 heavy (non-hydrogen) atoms. The summed E-state index contributed by atoms with van der Waals surface area (Å²) >= 11 is 0. The molecule has 0 spiro atoms. The average molecular weight is 275 g/mol. The minimum Gasteiger partial charge on any atom is -0.480 e. The van der Waals surface area contributed by atoms with Gasteiger partial charge in [-0.1, -0.05) is 31.2 Å². The molecule has 2 unspecified atom stereocenters. The fourth-order valence-corrected chi connectivity index (χ4v) is 2.75. The van der Waals surface area contributed by atoms with E-state index in [-0.39, 0.29) is 24.3 Å². The summed E-state index contributed by atoms with van der Waals surface area (Å²) in [7, 11) is 0. The summed E-state index contributed by atoms with van der Waals surface area (Å²) in [6.07, 6.45) is 1.62. The number of aliphatic carboxylic acids is 1. The van der Waals surface area contributed by atoms with Gasteiger partial charge in [0, 0.05) is 12.5 Å². The van der Waals surface area contributed by atoms with E-state index < -0.39 is 5.97 Å². The van der Waals surface area contributed by atoms with Crippen molar-refractivity contribution in [2.45, 2.75) is 32.6 Å². The first-order chi connectivity index (χ1) is 9.54. The van der Waals surface area contributed by atoms with Gasteiger partial charge in [-0.3, -0.25) is 9.59 Å². The molecule has 1 aromatic carbocycles. The Morgan fingerprint density at radius 3 is 2.65 bits per heavy atom. The molecule has 0 aromatic heterocycles. The number of nitrogens with zero attached hydrogens (tertiary/aromatic N) is 1. The Balaban J connectivity index is 2.04. The van der Waals surface area contributed by atoms with Gasteiger partial charge in [-0.15, -0.1) is 0 Å². The lowest BCUT2D eigenvalue weighted by Gasteiger charge is -2.20. The third-order valence-corrected chi connectivity index (χ3v) is 3.83. The van der Waals surface area contributed by atoms with Crippen LogP contribution in [0.3, 0.4) is 0 Å². The Bertz CT molecular complexity index is 512. The summed E-state index contributed by atoms with van der Waals surface area (Å²) in [5.41, 5.74) is 2.42. The molecule has 1 aliphatic carbocycles. The highest BCUT2D eigenvalue weighted by Crippen LogP contribution is 2.49. The molecule has 4 nitrogen and oxygen atoms in total. The molecular formula is C16H21NO3. The van der Waals surface area contributed by atoms with Gasteiger partial charge in [0.2, 0.25) is 5.91 Å². The van der Waals surface area contributed by atoms with Gasteiger partial charge in [0.15, 0.2) is 0 Å². The second-order valence-electron chi connectivity index (χ2n) is 5.46. The van der Waals surface area contributed by atoms with Gasteiger partial charge >= 0.3 is 5.97 Å². The third-order valence-electron chi connectivity index (χ3n) is 3.83. The van der Waals surface area contributed by atoms with Crippen LogP contribution in [0.1, 0.15) is 36.8 Å². The maximum Gasteiger partial charge on any atom is 0.323 e.